The van der Waals surface area contributed by atoms with Crippen molar-refractivity contribution in [2.75, 3.05) is 11.9 Å². The number of furan rings is 1. The summed E-state index contributed by atoms with van der Waals surface area (Å²) in [5, 5.41) is 1.95. The highest BCUT2D eigenvalue weighted by Gasteiger charge is 2.17. The Kier molecular flexibility index (Phi) is 4.86. The number of esters is 1. The predicted molar refractivity (Wildman–Crippen MR) is 71.6 cm³/mol. The number of anilines is 1. The second-order valence-electron chi connectivity index (χ2n) is 3.95. The Hall–Kier alpha value is -2.29. The largest absolute Gasteiger partial charge is 0.450 e. The molecule has 0 aliphatic carbocycles. The van der Waals surface area contributed by atoms with Crippen LogP contribution in [0.1, 0.15) is 10.6 Å². The molecule has 0 bridgehead atoms. The summed E-state index contributed by atoms with van der Waals surface area (Å²) < 4.78 is 48.9. The van der Waals surface area contributed by atoms with E-state index in [1.165, 1.54) is 12.1 Å². The summed E-state index contributed by atoms with van der Waals surface area (Å²) in [7, 11) is 0. The number of rotatable bonds is 4. The first-order valence-electron chi connectivity index (χ1n) is 5.74. The Labute approximate surface area is 130 Å². The second kappa shape index (κ2) is 6.65. The summed E-state index contributed by atoms with van der Waals surface area (Å²) in [6, 6.07) is 4.27. The average Bonchev–Trinajstić information content (AvgIpc) is 2.92. The standard InChI is InChI=1S/C13H7BrF3NO4/c14-9-4-3-8(22-9)13(20)21-5-10(19)18-7-2-1-6(15)11(16)12(7)17/h1-4H,5H2,(H,18,19). The minimum absolute atomic E-state index is 0.140. The number of halogens is 4. The summed E-state index contributed by atoms with van der Waals surface area (Å²) in [5.41, 5.74) is -0.569. The van der Waals surface area contributed by atoms with Crippen LogP contribution >= 0.6 is 15.9 Å². The summed E-state index contributed by atoms with van der Waals surface area (Å²) in [4.78, 5) is 23.0. The minimum Gasteiger partial charge on any atom is -0.450 e. The number of amides is 1. The maximum atomic E-state index is 13.3. The lowest BCUT2D eigenvalue weighted by molar-refractivity contribution is -0.119. The highest BCUT2D eigenvalue weighted by molar-refractivity contribution is 9.10. The molecule has 0 aliphatic heterocycles. The molecule has 0 radical (unpaired) electrons. The highest BCUT2D eigenvalue weighted by atomic mass is 79.9. The monoisotopic (exact) mass is 377 g/mol. The van der Waals surface area contributed by atoms with Crippen molar-refractivity contribution in [3.63, 3.8) is 0 Å². The molecular weight excluding hydrogens is 371 g/mol. The van der Waals surface area contributed by atoms with Crippen molar-refractivity contribution >= 4 is 33.5 Å². The first-order valence-corrected chi connectivity index (χ1v) is 6.53. The van der Waals surface area contributed by atoms with Gasteiger partial charge in [-0.15, -0.1) is 0 Å². The van der Waals surface area contributed by atoms with Gasteiger partial charge in [-0.1, -0.05) is 0 Å². The van der Waals surface area contributed by atoms with Gasteiger partial charge in [-0.05, 0) is 40.2 Å². The zero-order chi connectivity index (χ0) is 16.3. The smallest absolute Gasteiger partial charge is 0.374 e. The van der Waals surface area contributed by atoms with E-state index >= 15 is 0 Å². The molecule has 0 spiro atoms. The molecule has 0 saturated carbocycles. The van der Waals surface area contributed by atoms with E-state index in [2.05, 4.69) is 20.7 Å². The fourth-order valence-electron chi connectivity index (χ4n) is 1.43. The van der Waals surface area contributed by atoms with Gasteiger partial charge in [0.2, 0.25) is 5.76 Å². The average molecular weight is 378 g/mol. The van der Waals surface area contributed by atoms with Gasteiger partial charge < -0.3 is 14.5 Å². The Morgan fingerprint density at radius 1 is 1.14 bits per heavy atom. The topological polar surface area (TPSA) is 68.5 Å². The van der Waals surface area contributed by atoms with Crippen molar-refractivity contribution in [2.24, 2.45) is 0 Å². The molecule has 9 heteroatoms. The molecule has 1 heterocycles. The van der Waals surface area contributed by atoms with Gasteiger partial charge in [-0.3, -0.25) is 4.79 Å². The first kappa shape index (κ1) is 16.1. The molecule has 1 amide bonds. The molecular formula is C13H7BrF3NO4. The van der Waals surface area contributed by atoms with Crippen LogP contribution in [-0.2, 0) is 9.53 Å². The van der Waals surface area contributed by atoms with E-state index in [4.69, 9.17) is 4.42 Å². The fourth-order valence-corrected chi connectivity index (χ4v) is 1.74. The maximum absolute atomic E-state index is 13.3. The minimum atomic E-state index is -1.71. The summed E-state index contributed by atoms with van der Waals surface area (Å²) in [6.07, 6.45) is 0. The molecule has 1 N–H and O–H groups in total. The van der Waals surface area contributed by atoms with Crippen LogP contribution in [0.5, 0.6) is 0 Å². The normalized spacial score (nSPS) is 10.4. The Bertz CT molecular complexity index is 732. The number of benzene rings is 1. The number of nitrogens with one attached hydrogen (secondary N) is 1. The van der Waals surface area contributed by atoms with E-state index in [0.29, 0.717) is 10.7 Å². The van der Waals surface area contributed by atoms with E-state index in [0.717, 1.165) is 6.07 Å². The van der Waals surface area contributed by atoms with Gasteiger partial charge in [0.15, 0.2) is 28.7 Å². The van der Waals surface area contributed by atoms with E-state index in [1.807, 2.05) is 5.32 Å². The summed E-state index contributed by atoms with van der Waals surface area (Å²) >= 11 is 2.98. The fraction of sp³-hybridized carbons (Fsp3) is 0.0769. The lowest BCUT2D eigenvalue weighted by atomic mass is 10.3. The molecule has 0 fully saturated rings. The van der Waals surface area contributed by atoms with E-state index < -0.39 is 41.6 Å². The van der Waals surface area contributed by atoms with Gasteiger partial charge in [0, 0.05) is 0 Å². The lowest BCUT2D eigenvalue weighted by Gasteiger charge is -2.07. The van der Waals surface area contributed by atoms with Crippen LogP contribution in [0.3, 0.4) is 0 Å². The Morgan fingerprint density at radius 3 is 2.50 bits per heavy atom. The number of hydrogen-bond acceptors (Lipinski definition) is 4. The quantitative estimate of drug-likeness (QED) is 0.655. The second-order valence-corrected chi connectivity index (χ2v) is 4.73. The zero-order valence-corrected chi connectivity index (χ0v) is 12.2. The molecule has 0 aliphatic rings. The van der Waals surface area contributed by atoms with Crippen LogP contribution in [0, 0.1) is 17.5 Å². The van der Waals surface area contributed by atoms with E-state index in [9.17, 15) is 22.8 Å². The molecule has 1 aromatic carbocycles. The number of carbonyl (C=O) groups is 2. The SMILES string of the molecule is O=C(COC(=O)c1ccc(Br)o1)Nc1ccc(F)c(F)c1F. The highest BCUT2D eigenvalue weighted by Crippen LogP contribution is 2.19. The van der Waals surface area contributed by atoms with Crippen molar-refractivity contribution in [1.29, 1.82) is 0 Å². The molecule has 0 atom stereocenters. The Morgan fingerprint density at radius 2 is 1.86 bits per heavy atom. The summed E-state index contributed by atoms with van der Waals surface area (Å²) in [5.74, 6) is -6.62. The van der Waals surface area contributed by atoms with Crippen molar-refractivity contribution in [3.8, 4) is 0 Å². The van der Waals surface area contributed by atoms with Gasteiger partial charge in [-0.25, -0.2) is 18.0 Å². The van der Waals surface area contributed by atoms with Gasteiger partial charge in [0.1, 0.15) is 0 Å². The van der Waals surface area contributed by atoms with Crippen LogP contribution in [-0.4, -0.2) is 18.5 Å². The van der Waals surface area contributed by atoms with Gasteiger partial charge in [-0.2, -0.15) is 0 Å². The Balaban J connectivity index is 1.94. The molecule has 2 rings (SSSR count). The molecule has 116 valence electrons. The van der Waals surface area contributed by atoms with Crippen molar-refractivity contribution in [1.82, 2.24) is 0 Å². The van der Waals surface area contributed by atoms with Crippen LogP contribution in [0.15, 0.2) is 33.4 Å². The maximum Gasteiger partial charge on any atom is 0.374 e. The van der Waals surface area contributed by atoms with Crippen molar-refractivity contribution < 1.29 is 31.9 Å². The predicted octanol–water partition coefficient (Wildman–Crippen LogP) is 3.25. The van der Waals surface area contributed by atoms with Gasteiger partial charge in [0.25, 0.3) is 5.91 Å². The van der Waals surface area contributed by atoms with E-state index in [-0.39, 0.29) is 5.76 Å². The third kappa shape index (κ3) is 3.67. The number of carbonyl (C=O) groups excluding carboxylic acids is 2. The summed E-state index contributed by atoms with van der Waals surface area (Å²) in [6.45, 7) is -0.754. The molecule has 5 nitrogen and oxygen atoms in total. The zero-order valence-electron chi connectivity index (χ0n) is 10.7. The van der Waals surface area contributed by atoms with E-state index in [1.54, 1.807) is 0 Å². The van der Waals surface area contributed by atoms with Gasteiger partial charge in [0.05, 0.1) is 5.69 Å². The van der Waals surface area contributed by atoms with Crippen LogP contribution in [0.25, 0.3) is 0 Å². The van der Waals surface area contributed by atoms with Crippen LogP contribution in [0.4, 0.5) is 18.9 Å². The molecule has 1 aromatic heterocycles. The molecule has 22 heavy (non-hydrogen) atoms. The third-order valence-corrected chi connectivity index (χ3v) is 2.84. The number of ether oxygens (including phenoxy) is 1. The lowest BCUT2D eigenvalue weighted by Crippen LogP contribution is -2.21. The molecule has 0 unspecified atom stereocenters. The number of hydrogen-bond donors (Lipinski definition) is 1. The van der Waals surface area contributed by atoms with Gasteiger partial charge >= 0.3 is 5.97 Å². The molecule has 0 saturated heterocycles. The van der Waals surface area contributed by atoms with Crippen molar-refractivity contribution in [2.45, 2.75) is 0 Å². The molecule has 2 aromatic rings. The first-order chi connectivity index (χ1) is 10.4. The van der Waals surface area contributed by atoms with Crippen LogP contribution in [0.2, 0.25) is 0 Å². The third-order valence-electron chi connectivity index (χ3n) is 2.42. The van der Waals surface area contributed by atoms with Crippen LogP contribution < -0.4 is 5.32 Å². The van der Waals surface area contributed by atoms with Crippen molar-refractivity contribution in [3.05, 3.63) is 52.1 Å².